The minimum atomic E-state index is -0.107. The highest BCUT2D eigenvalue weighted by atomic mass is 32.1. The van der Waals surface area contributed by atoms with Crippen LogP contribution < -0.4 is 5.56 Å². The lowest BCUT2D eigenvalue weighted by Crippen LogP contribution is -2.25. The van der Waals surface area contributed by atoms with Crippen molar-refractivity contribution in [3.05, 3.63) is 50.6 Å². The fourth-order valence-corrected chi connectivity index (χ4v) is 2.96. The van der Waals surface area contributed by atoms with Crippen LogP contribution >= 0.6 is 12.2 Å². The third kappa shape index (κ3) is 2.13. The molecule has 1 aliphatic rings. The van der Waals surface area contributed by atoms with Crippen LogP contribution in [0, 0.1) is 4.77 Å². The minimum Gasteiger partial charge on any atom is -0.361 e. The Morgan fingerprint density at radius 2 is 2.15 bits per heavy atom. The summed E-state index contributed by atoms with van der Waals surface area (Å²) in [5, 5.41) is 0. The summed E-state index contributed by atoms with van der Waals surface area (Å²) < 4.78 is 7.79. The van der Waals surface area contributed by atoms with Crippen LogP contribution in [0.25, 0.3) is 11.1 Å². The molecule has 0 aliphatic heterocycles. The molecule has 1 N–H and O–H groups in total. The lowest BCUT2D eigenvalue weighted by Gasteiger charge is -2.23. The summed E-state index contributed by atoms with van der Waals surface area (Å²) in [5.74, 6) is 0. The van der Waals surface area contributed by atoms with Crippen LogP contribution in [0.3, 0.4) is 0 Å². The Labute approximate surface area is 122 Å². The zero-order chi connectivity index (χ0) is 14.1. The van der Waals surface area contributed by atoms with Crippen molar-refractivity contribution in [3.63, 3.8) is 0 Å². The highest BCUT2D eigenvalue weighted by Gasteiger charge is 2.21. The zero-order valence-corrected chi connectivity index (χ0v) is 12.1. The van der Waals surface area contributed by atoms with E-state index in [2.05, 4.69) is 11.1 Å². The molecule has 104 valence electrons. The van der Waals surface area contributed by atoms with Gasteiger partial charge in [-0.2, -0.15) is 0 Å². The molecule has 0 bridgehead atoms. The lowest BCUT2D eigenvalue weighted by atomic mass is 9.89. The third-order valence-electron chi connectivity index (χ3n) is 3.65. The summed E-state index contributed by atoms with van der Waals surface area (Å²) in [6, 6.07) is 8.04. The van der Waals surface area contributed by atoms with Crippen molar-refractivity contribution in [1.82, 2.24) is 9.55 Å². The number of hydrogen-bond donors (Lipinski definition) is 1. The van der Waals surface area contributed by atoms with E-state index in [-0.39, 0.29) is 5.56 Å². The molecule has 2 aromatic rings. The molecule has 0 radical (unpaired) electrons. The van der Waals surface area contributed by atoms with Gasteiger partial charge in [0.2, 0.25) is 0 Å². The van der Waals surface area contributed by atoms with Crippen molar-refractivity contribution >= 4 is 12.2 Å². The largest absolute Gasteiger partial charge is 0.361 e. The second-order valence-electron chi connectivity index (χ2n) is 4.79. The van der Waals surface area contributed by atoms with E-state index in [1.807, 2.05) is 29.7 Å². The summed E-state index contributed by atoms with van der Waals surface area (Å²) in [4.78, 5) is 15.1. The summed E-state index contributed by atoms with van der Waals surface area (Å²) >= 11 is 5.26. The van der Waals surface area contributed by atoms with Gasteiger partial charge in [-0.1, -0.05) is 24.3 Å². The summed E-state index contributed by atoms with van der Waals surface area (Å²) in [6.07, 6.45) is 1.74. The van der Waals surface area contributed by atoms with Crippen LogP contribution in [0.4, 0.5) is 0 Å². The molecule has 5 heteroatoms. The first-order valence-electron chi connectivity index (χ1n) is 6.74. The maximum absolute atomic E-state index is 12.3. The molecule has 0 atom stereocenters. The van der Waals surface area contributed by atoms with E-state index in [1.54, 1.807) is 0 Å². The number of benzene rings is 1. The smallest absolute Gasteiger partial charge is 0.259 e. The molecule has 20 heavy (non-hydrogen) atoms. The van der Waals surface area contributed by atoms with Crippen LogP contribution in [0.1, 0.15) is 18.2 Å². The van der Waals surface area contributed by atoms with Gasteiger partial charge >= 0.3 is 0 Å². The van der Waals surface area contributed by atoms with Gasteiger partial charge < -0.3 is 4.74 Å². The predicted octanol–water partition coefficient (Wildman–Crippen LogP) is 2.67. The molecule has 1 aromatic carbocycles. The fourth-order valence-electron chi connectivity index (χ4n) is 2.71. The van der Waals surface area contributed by atoms with Crippen LogP contribution in [0.5, 0.6) is 0 Å². The zero-order valence-electron chi connectivity index (χ0n) is 11.3. The molecule has 0 fully saturated rings. The van der Waals surface area contributed by atoms with E-state index in [4.69, 9.17) is 17.0 Å². The maximum atomic E-state index is 12.3. The molecule has 1 aliphatic carbocycles. The number of fused-ring (bicyclic) bond motifs is 3. The third-order valence-corrected chi connectivity index (χ3v) is 3.97. The maximum Gasteiger partial charge on any atom is 0.259 e. The van der Waals surface area contributed by atoms with Crippen LogP contribution in [-0.4, -0.2) is 16.2 Å². The Morgan fingerprint density at radius 1 is 1.35 bits per heavy atom. The molecular weight excluding hydrogens is 272 g/mol. The van der Waals surface area contributed by atoms with Gasteiger partial charge in [0, 0.05) is 12.3 Å². The average molecular weight is 288 g/mol. The van der Waals surface area contributed by atoms with E-state index in [0.717, 1.165) is 29.7 Å². The summed E-state index contributed by atoms with van der Waals surface area (Å²) in [7, 11) is 0. The molecule has 4 nitrogen and oxygen atoms in total. The Morgan fingerprint density at radius 3 is 2.95 bits per heavy atom. The van der Waals surface area contributed by atoms with E-state index in [0.29, 0.717) is 18.1 Å². The predicted molar refractivity (Wildman–Crippen MR) is 80.4 cm³/mol. The molecule has 3 rings (SSSR count). The molecule has 1 heterocycles. The van der Waals surface area contributed by atoms with Gasteiger partial charge in [-0.15, -0.1) is 0 Å². The first kappa shape index (κ1) is 13.3. The lowest BCUT2D eigenvalue weighted by molar-refractivity contribution is 0.0837. The topological polar surface area (TPSA) is 47.0 Å². The fraction of sp³-hybridized carbons (Fsp3) is 0.333. The van der Waals surface area contributed by atoms with Crippen LogP contribution in [-0.2, 0) is 24.3 Å². The Kier molecular flexibility index (Phi) is 3.54. The molecule has 0 amide bonds. The van der Waals surface area contributed by atoms with E-state index < -0.39 is 0 Å². The number of rotatable bonds is 3. The van der Waals surface area contributed by atoms with Crippen molar-refractivity contribution < 1.29 is 4.74 Å². The quantitative estimate of drug-likeness (QED) is 0.883. The number of aromatic amines is 1. The van der Waals surface area contributed by atoms with Crippen LogP contribution in [0.15, 0.2) is 29.1 Å². The van der Waals surface area contributed by atoms with Gasteiger partial charge in [-0.05, 0) is 43.1 Å². The molecular formula is C15H16N2O2S. The number of aryl methyl sites for hydroxylation is 1. The highest BCUT2D eigenvalue weighted by molar-refractivity contribution is 7.71. The summed E-state index contributed by atoms with van der Waals surface area (Å²) in [5.41, 5.74) is 3.83. The number of ether oxygens (including phenoxy) is 1. The average Bonchev–Trinajstić information content (AvgIpc) is 2.46. The molecule has 0 saturated heterocycles. The number of aromatic nitrogens is 2. The second-order valence-corrected chi connectivity index (χ2v) is 5.17. The van der Waals surface area contributed by atoms with E-state index in [1.165, 1.54) is 5.56 Å². The monoisotopic (exact) mass is 288 g/mol. The van der Waals surface area contributed by atoms with Crippen molar-refractivity contribution in [1.29, 1.82) is 0 Å². The van der Waals surface area contributed by atoms with Gasteiger partial charge in [0.15, 0.2) is 4.77 Å². The number of H-pyrrole nitrogens is 1. The molecule has 1 aromatic heterocycles. The molecule has 0 spiro atoms. The Hall–Kier alpha value is -1.72. The summed E-state index contributed by atoms with van der Waals surface area (Å²) in [6.45, 7) is 2.94. The molecule has 0 unspecified atom stereocenters. The van der Waals surface area contributed by atoms with Gasteiger partial charge in [-0.3, -0.25) is 14.3 Å². The normalized spacial score (nSPS) is 12.8. The van der Waals surface area contributed by atoms with Crippen molar-refractivity contribution in [3.8, 4) is 11.1 Å². The number of hydrogen-bond acceptors (Lipinski definition) is 3. The van der Waals surface area contributed by atoms with E-state index in [9.17, 15) is 4.79 Å². The first-order valence-corrected chi connectivity index (χ1v) is 7.15. The molecule has 0 saturated carbocycles. The Bertz CT molecular complexity index is 761. The minimum absolute atomic E-state index is 0.107. The van der Waals surface area contributed by atoms with Crippen molar-refractivity contribution in [2.45, 2.75) is 26.5 Å². The van der Waals surface area contributed by atoms with Gasteiger partial charge in [0.05, 0.1) is 5.56 Å². The number of nitrogens with zero attached hydrogens (tertiary/aromatic N) is 1. The Balaban J connectivity index is 2.25. The highest BCUT2D eigenvalue weighted by Crippen LogP contribution is 2.30. The van der Waals surface area contributed by atoms with E-state index >= 15 is 0 Å². The van der Waals surface area contributed by atoms with Crippen molar-refractivity contribution in [2.24, 2.45) is 0 Å². The second kappa shape index (κ2) is 5.34. The van der Waals surface area contributed by atoms with Gasteiger partial charge in [0.1, 0.15) is 6.73 Å². The standard InChI is InChI=1S/C15H16N2O2S/c1-2-19-9-17-12-8-7-10-5-3-4-6-11(10)13(12)14(18)16-15(17)20/h3-6H,2,7-9H2,1H3,(H,16,18,20). The van der Waals surface area contributed by atoms with Gasteiger partial charge in [0.25, 0.3) is 5.56 Å². The van der Waals surface area contributed by atoms with Crippen molar-refractivity contribution in [2.75, 3.05) is 6.61 Å². The van der Waals surface area contributed by atoms with Gasteiger partial charge in [-0.25, -0.2) is 0 Å². The SMILES string of the molecule is CCOCn1c2c(c(=O)[nH]c1=S)-c1ccccc1CC2. The number of nitrogens with one attached hydrogen (secondary N) is 1. The first-order chi connectivity index (χ1) is 9.72. The van der Waals surface area contributed by atoms with Crippen LogP contribution in [0.2, 0.25) is 0 Å².